The van der Waals surface area contributed by atoms with Gasteiger partial charge in [-0.2, -0.15) is 0 Å². The van der Waals surface area contributed by atoms with E-state index in [1.165, 1.54) is 12.0 Å². The summed E-state index contributed by atoms with van der Waals surface area (Å²) in [5, 5.41) is 0. The highest BCUT2D eigenvalue weighted by Crippen LogP contribution is 2.27. The Bertz CT molecular complexity index is 323. The SMILES string of the molecule is CCCCOCCc1ccc(OC)c(OC)c1. The van der Waals surface area contributed by atoms with Crippen LogP contribution in [0.5, 0.6) is 11.5 Å². The van der Waals surface area contributed by atoms with Crippen molar-refractivity contribution in [3.05, 3.63) is 23.8 Å². The first kappa shape index (κ1) is 13.8. The summed E-state index contributed by atoms with van der Waals surface area (Å²) in [4.78, 5) is 0. The maximum atomic E-state index is 5.54. The second-order valence-corrected chi connectivity index (χ2v) is 3.91. The number of unbranched alkanes of at least 4 members (excludes halogenated alkanes) is 1. The number of rotatable bonds is 8. The summed E-state index contributed by atoms with van der Waals surface area (Å²) in [7, 11) is 3.30. The Kier molecular flexibility index (Phi) is 6.48. The molecule has 96 valence electrons. The van der Waals surface area contributed by atoms with E-state index in [9.17, 15) is 0 Å². The highest BCUT2D eigenvalue weighted by molar-refractivity contribution is 5.42. The molecule has 0 aliphatic heterocycles. The molecule has 1 aromatic carbocycles. The van der Waals surface area contributed by atoms with E-state index in [0.29, 0.717) is 0 Å². The van der Waals surface area contributed by atoms with Crippen molar-refractivity contribution in [1.82, 2.24) is 0 Å². The van der Waals surface area contributed by atoms with Crippen molar-refractivity contribution >= 4 is 0 Å². The van der Waals surface area contributed by atoms with Crippen LogP contribution in [0.3, 0.4) is 0 Å². The van der Waals surface area contributed by atoms with Crippen molar-refractivity contribution in [3.63, 3.8) is 0 Å². The third kappa shape index (κ3) is 4.65. The fraction of sp³-hybridized carbons (Fsp3) is 0.571. The average molecular weight is 238 g/mol. The van der Waals surface area contributed by atoms with E-state index < -0.39 is 0 Å². The predicted octanol–water partition coefficient (Wildman–Crippen LogP) is 3.06. The van der Waals surface area contributed by atoms with Gasteiger partial charge < -0.3 is 14.2 Å². The summed E-state index contributed by atoms with van der Waals surface area (Å²) in [6.07, 6.45) is 3.21. The zero-order chi connectivity index (χ0) is 12.5. The van der Waals surface area contributed by atoms with Gasteiger partial charge in [-0.1, -0.05) is 19.4 Å². The van der Waals surface area contributed by atoms with Gasteiger partial charge in [0.15, 0.2) is 11.5 Å². The molecule has 0 saturated heterocycles. The minimum atomic E-state index is 0.759. The third-order valence-corrected chi connectivity index (χ3v) is 2.63. The molecular formula is C14H22O3. The quantitative estimate of drug-likeness (QED) is 0.651. The standard InChI is InChI=1S/C14H22O3/c1-4-5-9-17-10-8-12-6-7-13(15-2)14(11-12)16-3/h6-7,11H,4-5,8-10H2,1-3H3. The Morgan fingerprint density at radius 3 is 2.41 bits per heavy atom. The van der Waals surface area contributed by atoms with E-state index in [4.69, 9.17) is 14.2 Å². The van der Waals surface area contributed by atoms with Crippen molar-refractivity contribution in [2.24, 2.45) is 0 Å². The summed E-state index contributed by atoms with van der Waals surface area (Å²) in [6, 6.07) is 5.98. The number of benzene rings is 1. The number of hydrogen-bond acceptors (Lipinski definition) is 3. The van der Waals surface area contributed by atoms with Crippen LogP contribution in [0.25, 0.3) is 0 Å². The van der Waals surface area contributed by atoms with Crippen LogP contribution >= 0.6 is 0 Å². The van der Waals surface area contributed by atoms with Crippen LogP contribution in [0.1, 0.15) is 25.3 Å². The van der Waals surface area contributed by atoms with Crippen molar-refractivity contribution in [2.75, 3.05) is 27.4 Å². The molecule has 0 fully saturated rings. The lowest BCUT2D eigenvalue weighted by molar-refractivity contribution is 0.134. The summed E-state index contributed by atoms with van der Waals surface area (Å²) >= 11 is 0. The minimum Gasteiger partial charge on any atom is -0.493 e. The van der Waals surface area contributed by atoms with Crippen LogP contribution < -0.4 is 9.47 Å². The lowest BCUT2D eigenvalue weighted by Gasteiger charge is -2.09. The second-order valence-electron chi connectivity index (χ2n) is 3.91. The highest BCUT2D eigenvalue weighted by atomic mass is 16.5. The molecule has 0 saturated carbocycles. The molecule has 0 N–H and O–H groups in total. The lowest BCUT2D eigenvalue weighted by Crippen LogP contribution is -2.00. The van der Waals surface area contributed by atoms with Crippen LogP contribution in [0.2, 0.25) is 0 Å². The third-order valence-electron chi connectivity index (χ3n) is 2.63. The molecular weight excluding hydrogens is 216 g/mol. The highest BCUT2D eigenvalue weighted by Gasteiger charge is 2.04. The molecule has 1 aromatic rings. The van der Waals surface area contributed by atoms with Crippen LogP contribution in [-0.4, -0.2) is 27.4 Å². The topological polar surface area (TPSA) is 27.7 Å². The van der Waals surface area contributed by atoms with Gasteiger partial charge >= 0.3 is 0 Å². The van der Waals surface area contributed by atoms with Gasteiger partial charge in [-0.15, -0.1) is 0 Å². The monoisotopic (exact) mass is 238 g/mol. The Labute approximate surface area is 104 Å². The molecule has 0 unspecified atom stereocenters. The maximum Gasteiger partial charge on any atom is 0.160 e. The Morgan fingerprint density at radius 1 is 1.00 bits per heavy atom. The molecule has 0 aliphatic rings. The van der Waals surface area contributed by atoms with Gasteiger partial charge in [0.1, 0.15) is 0 Å². The molecule has 3 heteroatoms. The number of ether oxygens (including phenoxy) is 3. The maximum absolute atomic E-state index is 5.54. The van der Waals surface area contributed by atoms with Crippen molar-refractivity contribution in [1.29, 1.82) is 0 Å². The van der Waals surface area contributed by atoms with E-state index >= 15 is 0 Å². The molecule has 0 bridgehead atoms. The van der Waals surface area contributed by atoms with Gasteiger partial charge in [-0.3, -0.25) is 0 Å². The molecule has 17 heavy (non-hydrogen) atoms. The van der Waals surface area contributed by atoms with Crippen LogP contribution in [0.4, 0.5) is 0 Å². The summed E-state index contributed by atoms with van der Waals surface area (Å²) < 4.78 is 16.0. The smallest absolute Gasteiger partial charge is 0.160 e. The van der Waals surface area contributed by atoms with E-state index in [1.807, 2.05) is 18.2 Å². The van der Waals surface area contributed by atoms with E-state index in [-0.39, 0.29) is 0 Å². The zero-order valence-corrected chi connectivity index (χ0v) is 11.0. The molecule has 0 spiro atoms. The Balaban J connectivity index is 2.43. The first-order valence-electron chi connectivity index (χ1n) is 6.10. The number of methoxy groups -OCH3 is 2. The molecule has 0 amide bonds. The van der Waals surface area contributed by atoms with Crippen molar-refractivity contribution < 1.29 is 14.2 Å². The number of hydrogen-bond donors (Lipinski definition) is 0. The van der Waals surface area contributed by atoms with E-state index in [2.05, 4.69) is 6.92 Å². The Hall–Kier alpha value is -1.22. The largest absolute Gasteiger partial charge is 0.493 e. The van der Waals surface area contributed by atoms with Crippen molar-refractivity contribution in [2.45, 2.75) is 26.2 Å². The molecule has 1 rings (SSSR count). The normalized spacial score (nSPS) is 10.3. The minimum absolute atomic E-state index is 0.759. The Morgan fingerprint density at radius 2 is 1.76 bits per heavy atom. The van der Waals surface area contributed by atoms with Gasteiger partial charge in [0.05, 0.1) is 20.8 Å². The summed E-state index contributed by atoms with van der Waals surface area (Å²) in [5.74, 6) is 1.54. The molecule has 0 atom stereocenters. The molecule has 3 nitrogen and oxygen atoms in total. The molecule has 0 radical (unpaired) electrons. The second kappa shape index (κ2) is 7.96. The fourth-order valence-electron chi connectivity index (χ4n) is 1.57. The van der Waals surface area contributed by atoms with Crippen molar-refractivity contribution in [3.8, 4) is 11.5 Å². The average Bonchev–Trinajstić information content (AvgIpc) is 2.38. The van der Waals surface area contributed by atoms with Gasteiger partial charge in [0.2, 0.25) is 0 Å². The van der Waals surface area contributed by atoms with Gasteiger partial charge in [0.25, 0.3) is 0 Å². The fourth-order valence-corrected chi connectivity index (χ4v) is 1.57. The van der Waals surface area contributed by atoms with Crippen LogP contribution in [0, 0.1) is 0 Å². The van der Waals surface area contributed by atoms with Gasteiger partial charge in [-0.05, 0) is 30.5 Å². The zero-order valence-electron chi connectivity index (χ0n) is 11.0. The lowest BCUT2D eigenvalue weighted by atomic mass is 10.1. The predicted molar refractivity (Wildman–Crippen MR) is 69.0 cm³/mol. The van der Waals surface area contributed by atoms with Crippen LogP contribution in [0.15, 0.2) is 18.2 Å². The van der Waals surface area contributed by atoms with E-state index in [1.54, 1.807) is 14.2 Å². The first-order chi connectivity index (χ1) is 8.31. The van der Waals surface area contributed by atoms with E-state index in [0.717, 1.165) is 37.6 Å². The van der Waals surface area contributed by atoms with Gasteiger partial charge in [0, 0.05) is 6.61 Å². The molecule has 0 heterocycles. The van der Waals surface area contributed by atoms with Gasteiger partial charge in [-0.25, -0.2) is 0 Å². The molecule has 0 aromatic heterocycles. The van der Waals surface area contributed by atoms with Crippen LogP contribution in [-0.2, 0) is 11.2 Å². The molecule has 0 aliphatic carbocycles. The summed E-state index contributed by atoms with van der Waals surface area (Å²) in [5.41, 5.74) is 1.21. The first-order valence-corrected chi connectivity index (χ1v) is 6.10. The summed E-state index contributed by atoms with van der Waals surface area (Å²) in [6.45, 7) is 3.77.